The molecule has 3 aromatic carbocycles. The maximum absolute atomic E-state index is 12.7. The number of carbonyl (C=O) groups excluding carboxylic acids is 1. The molecule has 2 N–H and O–H groups in total. The fourth-order valence-corrected chi connectivity index (χ4v) is 8.66. The zero-order valence-corrected chi connectivity index (χ0v) is 20.3. The summed E-state index contributed by atoms with van der Waals surface area (Å²) in [6, 6.07) is 28.8. The van der Waals surface area contributed by atoms with Crippen LogP contribution in [0.3, 0.4) is 0 Å². The number of rotatable bonds is 9. The van der Waals surface area contributed by atoms with Crippen LogP contribution in [0.5, 0.6) is 0 Å². The molecule has 0 aliphatic carbocycles. The number of benzene rings is 3. The number of hydrogen-bond acceptors (Lipinski definition) is 5. The lowest BCUT2D eigenvalue weighted by Crippen LogP contribution is -2.67. The van der Waals surface area contributed by atoms with Gasteiger partial charge in [-0.25, -0.2) is 4.79 Å². The number of aliphatic hydroxyl groups excluding tert-OH is 2. The van der Waals surface area contributed by atoms with Gasteiger partial charge in [-0.3, -0.25) is 0 Å². The second-order valence-electron chi connectivity index (χ2n) is 9.03. The minimum Gasteiger partial charge on any atom is -0.454 e. The van der Waals surface area contributed by atoms with E-state index in [9.17, 15) is 15.0 Å². The fourth-order valence-electron chi connectivity index (χ4n) is 4.09. The molecule has 0 heterocycles. The molecule has 2 atom stereocenters. The van der Waals surface area contributed by atoms with Crippen molar-refractivity contribution in [3.05, 3.63) is 96.6 Å². The molecule has 0 spiro atoms. The Morgan fingerprint density at radius 2 is 1.30 bits per heavy atom. The monoisotopic (exact) mass is 464 g/mol. The van der Waals surface area contributed by atoms with E-state index < -0.39 is 33.1 Å². The first-order valence-electron chi connectivity index (χ1n) is 11.1. The maximum atomic E-state index is 12.7. The first-order chi connectivity index (χ1) is 15.8. The molecule has 3 aromatic rings. The lowest BCUT2D eigenvalue weighted by atomic mass is 10.2. The van der Waals surface area contributed by atoms with E-state index in [1.54, 1.807) is 24.3 Å². The average molecular weight is 465 g/mol. The van der Waals surface area contributed by atoms with Crippen LogP contribution in [0.25, 0.3) is 0 Å². The van der Waals surface area contributed by atoms with Gasteiger partial charge in [0.15, 0.2) is 6.10 Å². The first-order valence-corrected chi connectivity index (χ1v) is 13.0. The van der Waals surface area contributed by atoms with E-state index >= 15 is 0 Å². The lowest BCUT2D eigenvalue weighted by Gasteiger charge is -2.43. The normalized spacial score (nSPS) is 13.8. The predicted molar refractivity (Wildman–Crippen MR) is 132 cm³/mol. The summed E-state index contributed by atoms with van der Waals surface area (Å²) in [7, 11) is -2.89. The summed E-state index contributed by atoms with van der Waals surface area (Å²) in [6.07, 6.45) is -2.29. The number of aliphatic hydroxyl groups is 2. The summed E-state index contributed by atoms with van der Waals surface area (Å²) >= 11 is 0. The third-order valence-corrected chi connectivity index (χ3v) is 10.8. The highest BCUT2D eigenvalue weighted by Crippen LogP contribution is 2.37. The molecule has 33 heavy (non-hydrogen) atoms. The van der Waals surface area contributed by atoms with Crippen molar-refractivity contribution in [1.29, 1.82) is 0 Å². The maximum Gasteiger partial charge on any atom is 0.338 e. The van der Waals surface area contributed by atoms with E-state index in [2.05, 4.69) is 45.0 Å². The van der Waals surface area contributed by atoms with Crippen molar-refractivity contribution in [3.8, 4) is 0 Å². The van der Waals surface area contributed by atoms with Crippen LogP contribution in [-0.2, 0) is 9.16 Å². The molecule has 0 aliphatic rings. The molecule has 0 radical (unpaired) electrons. The lowest BCUT2D eigenvalue weighted by molar-refractivity contribution is -0.0539. The van der Waals surface area contributed by atoms with E-state index in [4.69, 9.17) is 9.16 Å². The summed E-state index contributed by atoms with van der Waals surface area (Å²) in [6.45, 7) is 5.84. The van der Waals surface area contributed by atoms with Crippen molar-refractivity contribution in [2.45, 2.75) is 38.0 Å². The molecule has 0 saturated carbocycles. The van der Waals surface area contributed by atoms with Crippen LogP contribution in [0.4, 0.5) is 0 Å². The van der Waals surface area contributed by atoms with E-state index in [1.807, 2.05) is 42.5 Å². The van der Waals surface area contributed by atoms with Crippen LogP contribution < -0.4 is 10.4 Å². The molecule has 0 fully saturated rings. The Kier molecular flexibility index (Phi) is 8.21. The third kappa shape index (κ3) is 5.60. The standard InChI is InChI=1S/C27H32O5Si/c1-27(2,3)33(22-15-9-5-10-16-22,23-17-11-6-12-18-23)31-20-25(24(29)19-28)32-26(30)21-13-7-4-8-14-21/h4-18,24-25,28-29H,19-20H2,1-3H3/t24-,25+/m1/s1. The molecular weight excluding hydrogens is 432 g/mol. The van der Waals surface area contributed by atoms with Gasteiger partial charge in [-0.05, 0) is 27.5 Å². The molecule has 0 saturated heterocycles. The Balaban J connectivity index is 1.98. The van der Waals surface area contributed by atoms with Crippen LogP contribution in [0.2, 0.25) is 5.04 Å². The predicted octanol–water partition coefficient (Wildman–Crippen LogP) is 3.14. The van der Waals surface area contributed by atoms with Crippen molar-refractivity contribution < 1.29 is 24.2 Å². The number of esters is 1. The second-order valence-corrected chi connectivity index (χ2v) is 13.3. The molecule has 174 valence electrons. The topological polar surface area (TPSA) is 76.0 Å². The Bertz CT molecular complexity index is 963. The van der Waals surface area contributed by atoms with Gasteiger partial charge >= 0.3 is 5.97 Å². The minimum absolute atomic E-state index is 0.0480. The molecule has 0 bridgehead atoms. The van der Waals surface area contributed by atoms with Gasteiger partial charge in [-0.1, -0.05) is 99.6 Å². The van der Waals surface area contributed by atoms with Crippen LogP contribution >= 0.6 is 0 Å². The van der Waals surface area contributed by atoms with Crippen molar-refractivity contribution >= 4 is 24.7 Å². The molecule has 0 unspecified atom stereocenters. The van der Waals surface area contributed by atoms with E-state index in [1.165, 1.54) is 0 Å². The summed E-state index contributed by atoms with van der Waals surface area (Å²) in [5.74, 6) is -0.570. The van der Waals surface area contributed by atoms with E-state index in [0.29, 0.717) is 5.56 Å². The van der Waals surface area contributed by atoms with Crippen LogP contribution in [-0.4, -0.2) is 49.9 Å². The Morgan fingerprint density at radius 3 is 1.73 bits per heavy atom. The van der Waals surface area contributed by atoms with Gasteiger partial charge in [0.05, 0.1) is 18.8 Å². The quantitative estimate of drug-likeness (QED) is 0.376. The first kappa shape index (κ1) is 24.9. The molecule has 0 aliphatic heterocycles. The van der Waals surface area contributed by atoms with Crippen molar-refractivity contribution in [1.82, 2.24) is 0 Å². The summed E-state index contributed by atoms with van der Waals surface area (Å²) in [4.78, 5) is 12.7. The van der Waals surface area contributed by atoms with E-state index in [0.717, 1.165) is 10.4 Å². The van der Waals surface area contributed by atoms with Gasteiger partial charge in [0, 0.05) is 0 Å². The van der Waals surface area contributed by atoms with Gasteiger partial charge in [-0.2, -0.15) is 0 Å². The number of hydrogen-bond donors (Lipinski definition) is 2. The molecule has 0 aromatic heterocycles. The SMILES string of the molecule is CC(C)(C)[Si](OC[C@H](OC(=O)c1ccccc1)[C@H](O)CO)(c1ccccc1)c1ccccc1. The molecule has 5 nitrogen and oxygen atoms in total. The molecule has 6 heteroatoms. The smallest absolute Gasteiger partial charge is 0.338 e. The van der Waals surface area contributed by atoms with Crippen molar-refractivity contribution in [2.75, 3.05) is 13.2 Å². The van der Waals surface area contributed by atoms with Crippen molar-refractivity contribution in [2.24, 2.45) is 0 Å². The van der Waals surface area contributed by atoms with Gasteiger partial charge in [-0.15, -0.1) is 0 Å². The average Bonchev–Trinajstić information content (AvgIpc) is 2.84. The molecular formula is C27H32O5Si. The van der Waals surface area contributed by atoms with Gasteiger partial charge in [0.2, 0.25) is 0 Å². The summed E-state index contributed by atoms with van der Waals surface area (Å²) in [5, 5.41) is 22.0. The summed E-state index contributed by atoms with van der Waals surface area (Å²) < 4.78 is 12.4. The highest BCUT2D eigenvalue weighted by atomic mass is 28.4. The number of carbonyl (C=O) groups is 1. The number of ether oxygens (including phenoxy) is 1. The fraction of sp³-hybridized carbons (Fsp3) is 0.296. The molecule has 0 amide bonds. The summed E-state index contributed by atoms with van der Waals surface area (Å²) in [5.41, 5.74) is 0.373. The second kappa shape index (κ2) is 10.9. The third-order valence-electron chi connectivity index (χ3n) is 5.77. The van der Waals surface area contributed by atoms with Crippen LogP contribution in [0, 0.1) is 0 Å². The van der Waals surface area contributed by atoms with Gasteiger partial charge in [0.25, 0.3) is 8.32 Å². The Morgan fingerprint density at radius 1 is 0.848 bits per heavy atom. The highest BCUT2D eigenvalue weighted by Gasteiger charge is 2.50. The zero-order valence-electron chi connectivity index (χ0n) is 19.3. The van der Waals surface area contributed by atoms with Gasteiger partial charge < -0.3 is 19.4 Å². The largest absolute Gasteiger partial charge is 0.454 e. The van der Waals surface area contributed by atoms with Crippen LogP contribution in [0.1, 0.15) is 31.1 Å². The Hall–Kier alpha value is -2.77. The Labute approximate surface area is 196 Å². The highest BCUT2D eigenvalue weighted by molar-refractivity contribution is 6.99. The van der Waals surface area contributed by atoms with Crippen LogP contribution in [0.15, 0.2) is 91.0 Å². The minimum atomic E-state index is -2.89. The van der Waals surface area contributed by atoms with Gasteiger partial charge in [0.1, 0.15) is 6.10 Å². The molecule has 3 rings (SSSR count). The van der Waals surface area contributed by atoms with Crippen molar-refractivity contribution in [3.63, 3.8) is 0 Å². The van der Waals surface area contributed by atoms with E-state index in [-0.39, 0.29) is 11.6 Å². The zero-order chi connectivity index (χ0) is 23.9.